The summed E-state index contributed by atoms with van der Waals surface area (Å²) in [5, 5.41) is 6.12. The van der Waals surface area contributed by atoms with Crippen LogP contribution in [-0.2, 0) is 6.54 Å². The Morgan fingerprint density at radius 2 is 1.71 bits per heavy atom. The Morgan fingerprint density at radius 1 is 1.06 bits per heavy atom. The van der Waals surface area contributed by atoms with Gasteiger partial charge in [0, 0.05) is 68.0 Å². The van der Waals surface area contributed by atoms with Crippen molar-refractivity contribution >= 4 is 28.8 Å². The first-order valence-corrected chi connectivity index (χ1v) is 11.6. The van der Waals surface area contributed by atoms with Crippen LogP contribution in [-0.4, -0.2) is 48.0 Å². The third-order valence-electron chi connectivity index (χ3n) is 6.24. The maximum atomic E-state index is 14.0. The fourth-order valence-electron chi connectivity index (χ4n) is 4.15. The number of primary amides is 1. The van der Waals surface area contributed by atoms with Crippen LogP contribution in [0, 0.1) is 11.6 Å². The van der Waals surface area contributed by atoms with E-state index in [1.165, 1.54) is 24.4 Å². The summed E-state index contributed by atoms with van der Waals surface area (Å²) in [4.78, 5) is 21.0. The van der Waals surface area contributed by atoms with Gasteiger partial charge in [0.2, 0.25) is 0 Å². The number of benzene rings is 2. The molecule has 1 aromatic heterocycles. The van der Waals surface area contributed by atoms with Gasteiger partial charge in [-0.15, -0.1) is 0 Å². The normalized spacial score (nSPS) is 14.3. The molecule has 0 bridgehead atoms. The average Bonchev–Trinajstić information content (AvgIpc) is 2.84. The monoisotopic (exact) mass is 480 g/mol. The highest BCUT2D eigenvalue weighted by Gasteiger charge is 2.19. The molecule has 1 saturated heterocycles. The number of nitrogens with zero attached hydrogens (tertiary/aromatic N) is 3. The molecule has 2 heterocycles. The van der Waals surface area contributed by atoms with E-state index in [0.717, 1.165) is 37.6 Å². The molecule has 4 rings (SSSR count). The summed E-state index contributed by atoms with van der Waals surface area (Å²) in [6.07, 6.45) is 1.34. The van der Waals surface area contributed by atoms with Gasteiger partial charge in [-0.05, 0) is 50.2 Å². The van der Waals surface area contributed by atoms with Gasteiger partial charge >= 0.3 is 0 Å². The van der Waals surface area contributed by atoms with E-state index in [-0.39, 0.29) is 17.7 Å². The van der Waals surface area contributed by atoms with Crippen molar-refractivity contribution in [2.45, 2.75) is 26.4 Å². The van der Waals surface area contributed by atoms with Crippen molar-refractivity contribution in [2.24, 2.45) is 5.73 Å². The van der Waals surface area contributed by atoms with E-state index in [9.17, 15) is 13.6 Å². The molecule has 0 unspecified atom stereocenters. The smallest absolute Gasteiger partial charge is 0.252 e. The van der Waals surface area contributed by atoms with Crippen LogP contribution in [0.15, 0.2) is 54.7 Å². The van der Waals surface area contributed by atoms with E-state index in [1.807, 2.05) is 12.1 Å². The van der Waals surface area contributed by atoms with Gasteiger partial charge in [0.25, 0.3) is 5.91 Å². The van der Waals surface area contributed by atoms with Crippen LogP contribution >= 0.6 is 0 Å². The third-order valence-corrected chi connectivity index (χ3v) is 6.24. The number of carbonyl (C=O) groups is 1. The van der Waals surface area contributed by atoms with E-state index in [1.54, 1.807) is 6.07 Å². The number of aromatic nitrogens is 1. The molecule has 3 aromatic rings. The second-order valence-corrected chi connectivity index (χ2v) is 8.82. The first kappa shape index (κ1) is 24.4. The average molecular weight is 481 g/mol. The number of piperazine rings is 1. The molecule has 0 radical (unpaired) electrons. The second-order valence-electron chi connectivity index (χ2n) is 8.82. The van der Waals surface area contributed by atoms with Crippen LogP contribution in [0.3, 0.4) is 0 Å². The first-order chi connectivity index (χ1) is 16.8. The molecule has 2 aromatic carbocycles. The van der Waals surface area contributed by atoms with Gasteiger partial charge in [0.1, 0.15) is 17.5 Å². The maximum Gasteiger partial charge on any atom is 0.252 e. The molecule has 7 nitrogen and oxygen atoms in total. The highest BCUT2D eigenvalue weighted by Crippen LogP contribution is 2.25. The highest BCUT2D eigenvalue weighted by atomic mass is 19.1. The van der Waals surface area contributed by atoms with Gasteiger partial charge in [0.15, 0.2) is 0 Å². The molecule has 1 aliphatic heterocycles. The zero-order chi connectivity index (χ0) is 24.9. The molecule has 35 heavy (non-hydrogen) atoms. The molecule has 4 N–H and O–H groups in total. The van der Waals surface area contributed by atoms with E-state index in [2.05, 4.69) is 51.4 Å². The lowest BCUT2D eigenvalue weighted by atomic mass is 10.1. The summed E-state index contributed by atoms with van der Waals surface area (Å²) in [5.41, 5.74) is 7.77. The van der Waals surface area contributed by atoms with E-state index in [4.69, 9.17) is 5.73 Å². The van der Waals surface area contributed by atoms with Crippen molar-refractivity contribution in [1.82, 2.24) is 9.88 Å². The largest absolute Gasteiger partial charge is 0.380 e. The number of nitrogens with two attached hydrogens (primary N) is 1. The van der Waals surface area contributed by atoms with E-state index >= 15 is 0 Å². The Hall–Kier alpha value is -3.72. The molecule has 184 valence electrons. The number of hydrogen-bond donors (Lipinski definition) is 3. The first-order valence-electron chi connectivity index (χ1n) is 11.6. The van der Waals surface area contributed by atoms with Gasteiger partial charge in [-0.3, -0.25) is 9.69 Å². The predicted molar refractivity (Wildman–Crippen MR) is 135 cm³/mol. The lowest BCUT2D eigenvalue weighted by molar-refractivity contribution is 0.100. The summed E-state index contributed by atoms with van der Waals surface area (Å²) in [6, 6.07) is 13.9. The van der Waals surface area contributed by atoms with E-state index in [0.29, 0.717) is 17.5 Å². The van der Waals surface area contributed by atoms with Crippen molar-refractivity contribution in [1.29, 1.82) is 0 Å². The van der Waals surface area contributed by atoms with Gasteiger partial charge < -0.3 is 21.3 Å². The fourth-order valence-corrected chi connectivity index (χ4v) is 4.15. The summed E-state index contributed by atoms with van der Waals surface area (Å²) < 4.78 is 28.0. The zero-order valence-corrected chi connectivity index (χ0v) is 19.9. The van der Waals surface area contributed by atoms with Crippen molar-refractivity contribution in [3.05, 3.63) is 77.5 Å². The minimum Gasteiger partial charge on any atom is -0.380 e. The molecular weight excluding hydrogens is 450 g/mol. The number of halogens is 2. The molecule has 0 saturated carbocycles. The SMILES string of the molecule is CC(C)N1CCN(c2ccc(Nc3cc(NCc4c(F)cccc4F)c(C(N)=O)cn3)cc2)CC1. The van der Waals surface area contributed by atoms with Gasteiger partial charge in [0.05, 0.1) is 11.3 Å². The minimum atomic E-state index is -0.692. The Morgan fingerprint density at radius 3 is 2.31 bits per heavy atom. The summed E-state index contributed by atoms with van der Waals surface area (Å²) in [7, 11) is 0. The quantitative estimate of drug-likeness (QED) is 0.445. The lowest BCUT2D eigenvalue weighted by Crippen LogP contribution is -2.48. The number of hydrogen-bond acceptors (Lipinski definition) is 6. The number of pyridine rings is 1. The van der Waals surface area contributed by atoms with Crippen LogP contribution in [0.2, 0.25) is 0 Å². The molecule has 1 fully saturated rings. The predicted octanol–water partition coefficient (Wildman–Crippen LogP) is 4.34. The number of carbonyl (C=O) groups excluding carboxylic acids is 1. The molecule has 0 spiro atoms. The van der Waals surface area contributed by atoms with Crippen LogP contribution in [0.25, 0.3) is 0 Å². The zero-order valence-electron chi connectivity index (χ0n) is 19.9. The number of nitrogens with one attached hydrogen (secondary N) is 2. The summed E-state index contributed by atoms with van der Waals surface area (Å²) in [5.74, 6) is -1.57. The van der Waals surface area contributed by atoms with Crippen LogP contribution in [0.4, 0.5) is 31.7 Å². The molecule has 9 heteroatoms. The third kappa shape index (κ3) is 5.86. The fraction of sp³-hybridized carbons (Fsp3) is 0.308. The summed E-state index contributed by atoms with van der Waals surface area (Å²) in [6.45, 7) is 8.35. The highest BCUT2D eigenvalue weighted by molar-refractivity contribution is 5.98. The Labute approximate surface area is 203 Å². The van der Waals surface area contributed by atoms with Crippen molar-refractivity contribution < 1.29 is 13.6 Å². The van der Waals surface area contributed by atoms with Crippen LogP contribution < -0.4 is 21.3 Å². The van der Waals surface area contributed by atoms with Crippen molar-refractivity contribution in [3.8, 4) is 0 Å². The maximum absolute atomic E-state index is 14.0. The summed E-state index contributed by atoms with van der Waals surface area (Å²) >= 11 is 0. The van der Waals surface area contributed by atoms with Gasteiger partial charge in [-0.2, -0.15) is 0 Å². The molecule has 1 amide bonds. The second kappa shape index (κ2) is 10.7. The minimum absolute atomic E-state index is 0.126. The van der Waals surface area contributed by atoms with Gasteiger partial charge in [-0.1, -0.05) is 6.07 Å². The number of rotatable bonds is 8. The van der Waals surface area contributed by atoms with Crippen molar-refractivity contribution in [2.75, 3.05) is 41.7 Å². The van der Waals surface area contributed by atoms with Crippen LogP contribution in [0.1, 0.15) is 29.8 Å². The number of amides is 1. The standard InChI is InChI=1S/C26H30F2N6O/c1-17(2)33-10-12-34(13-11-33)19-8-6-18(7-9-19)32-25-14-24(21(16-31-25)26(29)35)30-15-20-22(27)4-3-5-23(20)28/h3-9,14,16-17H,10-13,15H2,1-2H3,(H2,29,35)(H2,30,31,32). The lowest BCUT2D eigenvalue weighted by Gasteiger charge is -2.38. The Kier molecular flexibility index (Phi) is 7.45. The molecule has 0 aliphatic carbocycles. The topological polar surface area (TPSA) is 86.5 Å². The Bertz CT molecular complexity index is 1160. The van der Waals surface area contributed by atoms with Gasteiger partial charge in [-0.25, -0.2) is 13.8 Å². The number of anilines is 4. The molecular formula is C26H30F2N6O. The van der Waals surface area contributed by atoms with E-state index < -0.39 is 17.5 Å². The van der Waals surface area contributed by atoms with Crippen molar-refractivity contribution in [3.63, 3.8) is 0 Å². The van der Waals surface area contributed by atoms with Crippen LogP contribution in [0.5, 0.6) is 0 Å². The molecule has 0 atom stereocenters. The molecule has 1 aliphatic rings. The Balaban J connectivity index is 1.45.